The van der Waals surface area contributed by atoms with Crippen LogP contribution in [0.2, 0.25) is 0 Å². The molecule has 2 fully saturated rings. The van der Waals surface area contributed by atoms with Crippen LogP contribution in [0.15, 0.2) is 18.2 Å². The Balaban J connectivity index is 2.11. The van der Waals surface area contributed by atoms with Gasteiger partial charge in [0.25, 0.3) is 0 Å². The molecule has 2 aliphatic rings. The average Bonchev–Trinajstić information content (AvgIpc) is 3.08. The molecule has 0 radical (unpaired) electrons. The van der Waals surface area contributed by atoms with E-state index in [0.717, 1.165) is 11.5 Å². The molecule has 4 heteroatoms. The zero-order valence-corrected chi connectivity index (χ0v) is 15.8. The van der Waals surface area contributed by atoms with Crippen molar-refractivity contribution in [2.75, 3.05) is 25.7 Å². The van der Waals surface area contributed by atoms with E-state index in [2.05, 4.69) is 56.4 Å². The van der Waals surface area contributed by atoms with Crippen LogP contribution in [0.5, 0.6) is 11.5 Å². The summed E-state index contributed by atoms with van der Waals surface area (Å²) in [5.74, 6) is 4.46. The van der Waals surface area contributed by atoms with Crippen LogP contribution in [0.3, 0.4) is 0 Å². The summed E-state index contributed by atoms with van der Waals surface area (Å²) in [5, 5.41) is 0. The van der Waals surface area contributed by atoms with Gasteiger partial charge in [0, 0.05) is 22.5 Å². The van der Waals surface area contributed by atoms with Gasteiger partial charge in [-0.05, 0) is 36.5 Å². The summed E-state index contributed by atoms with van der Waals surface area (Å²) >= 11 is 4.34. The molecule has 0 N–H and O–H groups in total. The minimum absolute atomic E-state index is 0.0945. The zero-order chi connectivity index (χ0) is 16.0. The third-order valence-corrected chi connectivity index (χ3v) is 10.2. The summed E-state index contributed by atoms with van der Waals surface area (Å²) in [6.45, 7) is 7.31. The van der Waals surface area contributed by atoms with Gasteiger partial charge in [0.15, 0.2) is 0 Å². The summed E-state index contributed by atoms with van der Waals surface area (Å²) < 4.78 is 11.5. The molecule has 1 aliphatic carbocycles. The van der Waals surface area contributed by atoms with Crippen molar-refractivity contribution < 1.29 is 9.47 Å². The van der Waals surface area contributed by atoms with Crippen LogP contribution >= 0.6 is 23.5 Å². The number of rotatable bonds is 3. The number of hydrogen-bond acceptors (Lipinski definition) is 4. The monoisotopic (exact) mass is 338 g/mol. The first-order valence-corrected chi connectivity index (χ1v) is 9.88. The van der Waals surface area contributed by atoms with Gasteiger partial charge < -0.3 is 9.47 Å². The Labute approximate surface area is 142 Å². The third kappa shape index (κ3) is 2.10. The van der Waals surface area contributed by atoms with Crippen LogP contribution in [0.25, 0.3) is 0 Å². The van der Waals surface area contributed by atoms with Crippen molar-refractivity contribution in [2.24, 2.45) is 5.41 Å². The van der Waals surface area contributed by atoms with E-state index in [1.165, 1.54) is 29.9 Å². The highest BCUT2D eigenvalue weighted by Crippen LogP contribution is 2.70. The maximum atomic E-state index is 5.70. The van der Waals surface area contributed by atoms with E-state index < -0.39 is 0 Å². The van der Waals surface area contributed by atoms with Gasteiger partial charge in [0.2, 0.25) is 0 Å². The van der Waals surface area contributed by atoms with Crippen molar-refractivity contribution in [3.8, 4) is 11.5 Å². The van der Waals surface area contributed by atoms with Crippen LogP contribution < -0.4 is 9.47 Å². The fourth-order valence-corrected chi connectivity index (χ4v) is 7.96. The molecular formula is C18H26O2S2. The lowest BCUT2D eigenvalue weighted by Crippen LogP contribution is -2.44. The molecule has 0 amide bonds. The van der Waals surface area contributed by atoms with Crippen molar-refractivity contribution in [1.82, 2.24) is 0 Å². The SMILES string of the molecule is COc1ccc(OC)c(C2(C)CCC3(SCCS3)C2(C)C)c1. The van der Waals surface area contributed by atoms with Gasteiger partial charge in [0.05, 0.1) is 18.3 Å². The van der Waals surface area contributed by atoms with Crippen molar-refractivity contribution in [3.63, 3.8) is 0 Å². The molecule has 1 aromatic carbocycles. The normalized spacial score (nSPS) is 29.0. The van der Waals surface area contributed by atoms with Crippen molar-refractivity contribution >= 4 is 23.5 Å². The molecule has 1 heterocycles. The van der Waals surface area contributed by atoms with Crippen LogP contribution in [-0.4, -0.2) is 29.8 Å². The molecule has 1 atom stereocenters. The highest BCUT2D eigenvalue weighted by Gasteiger charge is 2.63. The van der Waals surface area contributed by atoms with Crippen LogP contribution in [0.1, 0.15) is 39.2 Å². The Morgan fingerprint density at radius 2 is 1.64 bits per heavy atom. The van der Waals surface area contributed by atoms with Gasteiger partial charge in [-0.25, -0.2) is 0 Å². The predicted octanol–water partition coefficient (Wildman–Crippen LogP) is 4.96. The molecule has 1 unspecified atom stereocenters. The van der Waals surface area contributed by atoms with Gasteiger partial charge >= 0.3 is 0 Å². The summed E-state index contributed by atoms with van der Waals surface area (Å²) in [5.41, 5.74) is 1.59. The topological polar surface area (TPSA) is 18.5 Å². The Hall–Kier alpha value is -0.480. The number of thioether (sulfide) groups is 2. The fraction of sp³-hybridized carbons (Fsp3) is 0.667. The number of methoxy groups -OCH3 is 2. The first-order valence-electron chi connectivity index (χ1n) is 7.91. The number of hydrogen-bond donors (Lipinski definition) is 0. The van der Waals surface area contributed by atoms with Crippen molar-refractivity contribution in [3.05, 3.63) is 23.8 Å². The van der Waals surface area contributed by atoms with E-state index >= 15 is 0 Å². The summed E-state index contributed by atoms with van der Waals surface area (Å²) in [7, 11) is 3.50. The maximum absolute atomic E-state index is 5.70. The summed E-state index contributed by atoms with van der Waals surface area (Å²) in [6.07, 6.45) is 2.47. The summed E-state index contributed by atoms with van der Waals surface area (Å²) in [4.78, 5) is 0. The molecule has 1 aliphatic heterocycles. The van der Waals surface area contributed by atoms with Gasteiger partial charge in [-0.1, -0.05) is 20.8 Å². The minimum Gasteiger partial charge on any atom is -0.497 e. The van der Waals surface area contributed by atoms with E-state index in [4.69, 9.17) is 9.47 Å². The molecule has 22 heavy (non-hydrogen) atoms. The van der Waals surface area contributed by atoms with E-state index in [1.807, 2.05) is 6.07 Å². The largest absolute Gasteiger partial charge is 0.497 e. The smallest absolute Gasteiger partial charge is 0.122 e. The molecule has 0 bridgehead atoms. The standard InChI is InChI=1S/C18H26O2S2/c1-16(2)17(3,8-9-18(16)21-10-11-22-18)14-12-13(19-4)6-7-15(14)20-5/h6-7,12H,8-11H2,1-5H3. The second-order valence-corrected chi connectivity index (χ2v) is 10.0. The molecular weight excluding hydrogens is 312 g/mol. The van der Waals surface area contributed by atoms with Crippen molar-refractivity contribution in [1.29, 1.82) is 0 Å². The molecule has 1 saturated heterocycles. The maximum Gasteiger partial charge on any atom is 0.122 e. The van der Waals surface area contributed by atoms with E-state index in [0.29, 0.717) is 4.08 Å². The minimum atomic E-state index is 0.0945. The van der Waals surface area contributed by atoms with Gasteiger partial charge in [-0.3, -0.25) is 0 Å². The molecule has 1 aromatic rings. The lowest BCUT2D eigenvalue weighted by atomic mass is 9.64. The second-order valence-electron chi connectivity index (χ2n) is 6.97. The lowest BCUT2D eigenvalue weighted by Gasteiger charge is -2.47. The highest BCUT2D eigenvalue weighted by atomic mass is 32.2. The fourth-order valence-electron chi connectivity index (χ4n) is 4.14. The molecule has 2 nitrogen and oxygen atoms in total. The highest BCUT2D eigenvalue weighted by molar-refractivity contribution is 8.21. The van der Waals surface area contributed by atoms with Gasteiger partial charge in [-0.2, -0.15) is 0 Å². The van der Waals surface area contributed by atoms with Gasteiger partial charge in [-0.15, -0.1) is 23.5 Å². The van der Waals surface area contributed by atoms with Crippen LogP contribution in [0, 0.1) is 5.41 Å². The van der Waals surface area contributed by atoms with E-state index in [-0.39, 0.29) is 10.8 Å². The Morgan fingerprint density at radius 1 is 0.955 bits per heavy atom. The molecule has 0 aromatic heterocycles. The third-order valence-electron chi connectivity index (χ3n) is 6.04. The first-order chi connectivity index (χ1) is 10.4. The summed E-state index contributed by atoms with van der Waals surface area (Å²) in [6, 6.07) is 6.22. The predicted molar refractivity (Wildman–Crippen MR) is 97.6 cm³/mol. The Kier molecular flexibility index (Phi) is 4.14. The molecule has 1 saturated carbocycles. The average molecular weight is 339 g/mol. The first kappa shape index (κ1) is 16.4. The number of benzene rings is 1. The quantitative estimate of drug-likeness (QED) is 0.775. The molecule has 122 valence electrons. The van der Waals surface area contributed by atoms with E-state index in [1.54, 1.807) is 14.2 Å². The van der Waals surface area contributed by atoms with Crippen molar-refractivity contribution in [2.45, 2.75) is 43.1 Å². The zero-order valence-electron chi connectivity index (χ0n) is 14.2. The molecule has 3 rings (SSSR count). The molecule has 1 spiro atoms. The van der Waals surface area contributed by atoms with Crippen LogP contribution in [0.4, 0.5) is 0 Å². The second kappa shape index (κ2) is 5.55. The van der Waals surface area contributed by atoms with E-state index in [9.17, 15) is 0 Å². The lowest BCUT2D eigenvalue weighted by molar-refractivity contribution is 0.213. The Bertz CT molecular complexity index is 564. The Morgan fingerprint density at radius 3 is 2.23 bits per heavy atom. The number of ether oxygens (including phenoxy) is 2. The van der Waals surface area contributed by atoms with Gasteiger partial charge in [0.1, 0.15) is 11.5 Å². The van der Waals surface area contributed by atoms with Crippen LogP contribution in [-0.2, 0) is 5.41 Å².